The van der Waals surface area contributed by atoms with Crippen molar-refractivity contribution in [3.63, 3.8) is 0 Å². The maximum Gasteiger partial charge on any atom is 0.265 e. The number of rotatable bonds is 6. The largest absolute Gasteiger partial charge is 0.482 e. The number of carbonyl (C=O) groups is 2. The van der Waals surface area contributed by atoms with Crippen LogP contribution in [0.5, 0.6) is 5.75 Å². The topological polar surface area (TPSA) is 58.6 Å². The highest BCUT2D eigenvalue weighted by Crippen LogP contribution is 2.34. The summed E-state index contributed by atoms with van der Waals surface area (Å²) in [5.74, 6) is 0.570. The number of hydrogen-bond donors (Lipinski definition) is 1. The Balaban J connectivity index is 1.75. The molecule has 2 amide bonds. The maximum atomic E-state index is 12.1. The molecule has 6 heteroatoms. The fraction of sp³-hybridized carbons (Fsp3) is 0.333. The molecule has 0 radical (unpaired) electrons. The molecular weight excluding hydrogens is 324 g/mol. The minimum Gasteiger partial charge on any atom is -0.482 e. The van der Waals surface area contributed by atoms with Gasteiger partial charge >= 0.3 is 0 Å². The summed E-state index contributed by atoms with van der Waals surface area (Å²) in [6.07, 6.45) is 2.29. The second-order valence-electron chi connectivity index (χ2n) is 5.67. The molecule has 24 heavy (non-hydrogen) atoms. The summed E-state index contributed by atoms with van der Waals surface area (Å²) in [6, 6.07) is 9.30. The minimum atomic E-state index is -0.0689. The fourth-order valence-electron chi connectivity index (χ4n) is 2.62. The molecule has 0 bridgehead atoms. The van der Waals surface area contributed by atoms with Crippen molar-refractivity contribution < 1.29 is 14.3 Å². The molecule has 126 valence electrons. The average Bonchev–Trinajstić information content (AvgIpc) is 3.06. The second-order valence-corrected chi connectivity index (χ2v) is 6.71. The van der Waals surface area contributed by atoms with Crippen molar-refractivity contribution >= 4 is 34.5 Å². The minimum absolute atomic E-state index is 0.0435. The van der Waals surface area contributed by atoms with Crippen LogP contribution in [-0.2, 0) is 16.0 Å². The number of anilines is 2. The normalized spacial score (nSPS) is 13.4. The number of unbranched alkanes of at least 4 members (excludes halogenated alkanes) is 1. The highest BCUT2D eigenvalue weighted by Gasteiger charge is 2.25. The molecule has 1 aromatic carbocycles. The predicted octanol–water partition coefficient (Wildman–Crippen LogP) is 3.45. The molecule has 1 aliphatic rings. The molecule has 1 aliphatic heterocycles. The zero-order valence-electron chi connectivity index (χ0n) is 13.6. The van der Waals surface area contributed by atoms with Crippen molar-refractivity contribution in [2.75, 3.05) is 23.4 Å². The molecule has 0 saturated heterocycles. The van der Waals surface area contributed by atoms with Crippen LogP contribution < -0.4 is 15.0 Å². The smallest absolute Gasteiger partial charge is 0.265 e. The number of thiophene rings is 1. The molecule has 2 heterocycles. The number of ether oxygens (including phenoxy) is 1. The molecule has 0 atom stereocenters. The predicted molar refractivity (Wildman–Crippen MR) is 95.9 cm³/mol. The van der Waals surface area contributed by atoms with Crippen molar-refractivity contribution in [2.45, 2.75) is 26.2 Å². The highest BCUT2D eigenvalue weighted by atomic mass is 32.1. The number of hydrogen-bond acceptors (Lipinski definition) is 4. The fourth-order valence-corrected chi connectivity index (χ4v) is 3.32. The van der Waals surface area contributed by atoms with Crippen LogP contribution in [0.15, 0.2) is 35.7 Å². The van der Waals surface area contributed by atoms with Crippen molar-refractivity contribution in [3.8, 4) is 5.75 Å². The van der Waals surface area contributed by atoms with E-state index in [1.54, 1.807) is 22.3 Å². The van der Waals surface area contributed by atoms with E-state index in [1.807, 2.05) is 29.6 Å². The van der Waals surface area contributed by atoms with Crippen molar-refractivity contribution in [2.24, 2.45) is 0 Å². The van der Waals surface area contributed by atoms with E-state index < -0.39 is 0 Å². The molecule has 0 unspecified atom stereocenters. The van der Waals surface area contributed by atoms with Gasteiger partial charge in [-0.3, -0.25) is 9.59 Å². The van der Waals surface area contributed by atoms with E-state index in [1.165, 1.54) is 0 Å². The number of amides is 2. The summed E-state index contributed by atoms with van der Waals surface area (Å²) in [5, 5.41) is 4.85. The lowest BCUT2D eigenvalue weighted by atomic mass is 10.2. The first-order chi connectivity index (χ1) is 11.7. The molecular formula is C18H20N2O3S. The van der Waals surface area contributed by atoms with Gasteiger partial charge in [0.15, 0.2) is 6.61 Å². The Bertz CT molecular complexity index is 728. The maximum absolute atomic E-state index is 12.1. The van der Waals surface area contributed by atoms with Crippen molar-refractivity contribution in [3.05, 3.63) is 40.6 Å². The van der Waals surface area contributed by atoms with Crippen molar-refractivity contribution in [1.82, 2.24) is 0 Å². The molecule has 3 rings (SSSR count). The van der Waals surface area contributed by atoms with Crippen LogP contribution in [0.25, 0.3) is 0 Å². The molecule has 2 aromatic rings. The van der Waals surface area contributed by atoms with Gasteiger partial charge in [-0.2, -0.15) is 0 Å². The molecule has 5 nitrogen and oxygen atoms in total. The first-order valence-electron chi connectivity index (χ1n) is 8.07. The third kappa shape index (κ3) is 3.76. The Morgan fingerprint density at radius 1 is 1.38 bits per heavy atom. The van der Waals surface area contributed by atoms with Crippen LogP contribution in [0.1, 0.15) is 24.6 Å². The van der Waals surface area contributed by atoms with Gasteiger partial charge in [0.05, 0.1) is 12.1 Å². The molecule has 0 spiro atoms. The summed E-state index contributed by atoms with van der Waals surface area (Å²) in [5.41, 5.74) is 1.41. The highest BCUT2D eigenvalue weighted by molar-refractivity contribution is 7.10. The van der Waals surface area contributed by atoms with Gasteiger partial charge in [-0.15, -0.1) is 11.3 Å². The van der Waals surface area contributed by atoms with E-state index in [9.17, 15) is 9.59 Å². The number of benzene rings is 1. The second kappa shape index (κ2) is 7.49. The van der Waals surface area contributed by atoms with E-state index >= 15 is 0 Å². The van der Waals surface area contributed by atoms with Gasteiger partial charge in [0.25, 0.3) is 5.91 Å². The summed E-state index contributed by atoms with van der Waals surface area (Å²) < 4.78 is 5.49. The number of nitrogens with one attached hydrogen (secondary N) is 1. The SMILES string of the molecule is CCCCN1C(=O)COc2ccc(NC(=O)Cc3cccs3)cc21. The van der Waals surface area contributed by atoms with Crippen LogP contribution in [0, 0.1) is 0 Å². The van der Waals surface area contributed by atoms with E-state index in [2.05, 4.69) is 12.2 Å². The van der Waals surface area contributed by atoms with Crippen LogP contribution in [-0.4, -0.2) is 25.0 Å². The van der Waals surface area contributed by atoms with E-state index in [0.29, 0.717) is 24.4 Å². The van der Waals surface area contributed by atoms with E-state index in [-0.39, 0.29) is 18.4 Å². The van der Waals surface area contributed by atoms with E-state index in [4.69, 9.17) is 4.74 Å². The number of carbonyl (C=O) groups excluding carboxylic acids is 2. The molecule has 0 fully saturated rings. The first-order valence-corrected chi connectivity index (χ1v) is 8.95. The first kappa shape index (κ1) is 16.5. The van der Waals surface area contributed by atoms with Crippen LogP contribution in [0.3, 0.4) is 0 Å². The summed E-state index contributed by atoms with van der Waals surface area (Å²) in [4.78, 5) is 27.0. The lowest BCUT2D eigenvalue weighted by molar-refractivity contribution is -0.121. The van der Waals surface area contributed by atoms with Gasteiger partial charge in [-0.1, -0.05) is 19.4 Å². The average molecular weight is 344 g/mol. The summed E-state index contributed by atoms with van der Waals surface area (Å²) in [7, 11) is 0. The van der Waals surface area contributed by atoms with Crippen LogP contribution in [0.2, 0.25) is 0 Å². The zero-order valence-corrected chi connectivity index (χ0v) is 14.4. The van der Waals surface area contributed by atoms with Gasteiger partial charge in [-0.05, 0) is 36.1 Å². The molecule has 0 saturated carbocycles. The lowest BCUT2D eigenvalue weighted by Crippen LogP contribution is -2.39. The standard InChI is InChI=1S/C18H20N2O3S/c1-2-3-8-20-15-10-13(6-7-16(15)23-12-18(20)22)19-17(21)11-14-5-4-9-24-14/h4-7,9-10H,2-3,8,11-12H2,1H3,(H,19,21). The van der Waals surface area contributed by atoms with Gasteiger partial charge in [0, 0.05) is 17.1 Å². The van der Waals surface area contributed by atoms with Crippen molar-refractivity contribution in [1.29, 1.82) is 0 Å². The third-order valence-corrected chi connectivity index (χ3v) is 4.71. The monoisotopic (exact) mass is 344 g/mol. The Labute approximate surface area is 145 Å². The Kier molecular flexibility index (Phi) is 5.15. The number of nitrogens with zero attached hydrogens (tertiary/aromatic N) is 1. The van der Waals surface area contributed by atoms with Gasteiger partial charge < -0.3 is 15.0 Å². The van der Waals surface area contributed by atoms with Gasteiger partial charge in [0.2, 0.25) is 5.91 Å². The van der Waals surface area contributed by atoms with Crippen LogP contribution in [0.4, 0.5) is 11.4 Å². The quantitative estimate of drug-likeness (QED) is 0.873. The molecule has 1 aromatic heterocycles. The van der Waals surface area contributed by atoms with Gasteiger partial charge in [0.1, 0.15) is 5.75 Å². The zero-order chi connectivity index (χ0) is 16.9. The summed E-state index contributed by atoms with van der Waals surface area (Å²) in [6.45, 7) is 2.83. The Hall–Kier alpha value is -2.34. The third-order valence-electron chi connectivity index (χ3n) is 3.84. The molecule has 1 N–H and O–H groups in total. The Morgan fingerprint density at radius 3 is 3.00 bits per heavy atom. The Morgan fingerprint density at radius 2 is 2.25 bits per heavy atom. The summed E-state index contributed by atoms with van der Waals surface area (Å²) >= 11 is 1.56. The lowest BCUT2D eigenvalue weighted by Gasteiger charge is -2.29. The van der Waals surface area contributed by atoms with E-state index in [0.717, 1.165) is 23.4 Å². The van der Waals surface area contributed by atoms with Crippen LogP contribution >= 0.6 is 11.3 Å². The van der Waals surface area contributed by atoms with Gasteiger partial charge in [-0.25, -0.2) is 0 Å². The number of fused-ring (bicyclic) bond motifs is 1. The molecule has 0 aliphatic carbocycles.